The van der Waals surface area contributed by atoms with Crippen molar-refractivity contribution in [2.75, 3.05) is 24.2 Å². The molecule has 1 heterocycles. The molecule has 148 valence electrons. The summed E-state index contributed by atoms with van der Waals surface area (Å²) in [5, 5.41) is 3.13. The van der Waals surface area contributed by atoms with E-state index >= 15 is 0 Å². The fraction of sp³-hybridized carbons (Fsp3) is 0.364. The molecule has 0 aliphatic carbocycles. The molecule has 5 nitrogen and oxygen atoms in total. The Morgan fingerprint density at radius 3 is 2.71 bits per heavy atom. The van der Waals surface area contributed by atoms with Gasteiger partial charge in [0, 0.05) is 12.2 Å². The van der Waals surface area contributed by atoms with Gasteiger partial charge in [-0.3, -0.25) is 9.69 Å². The highest BCUT2D eigenvalue weighted by Gasteiger charge is 2.13. The Bertz CT molecular complexity index is 887. The summed E-state index contributed by atoms with van der Waals surface area (Å²) >= 11 is 1.58. The number of fused-ring (bicyclic) bond motifs is 1. The summed E-state index contributed by atoms with van der Waals surface area (Å²) in [6.45, 7) is 9.33. The summed E-state index contributed by atoms with van der Waals surface area (Å²) < 4.78 is 0. The number of aromatic nitrogens is 2. The first-order chi connectivity index (χ1) is 13.6. The van der Waals surface area contributed by atoms with Crippen molar-refractivity contribution < 1.29 is 4.79 Å². The van der Waals surface area contributed by atoms with Gasteiger partial charge in [0.2, 0.25) is 5.91 Å². The molecule has 3 aromatic rings. The lowest BCUT2D eigenvalue weighted by molar-refractivity contribution is -0.113. The lowest BCUT2D eigenvalue weighted by Gasteiger charge is -2.18. The Hall–Kier alpha value is -2.31. The van der Waals surface area contributed by atoms with Crippen LogP contribution in [0, 0.1) is 0 Å². The maximum atomic E-state index is 12.4. The highest BCUT2D eigenvalue weighted by Crippen LogP contribution is 2.27. The number of carbonyl (C=O) groups is 1. The van der Waals surface area contributed by atoms with Gasteiger partial charge in [0.05, 0.1) is 22.0 Å². The Balaban J connectivity index is 1.53. The van der Waals surface area contributed by atoms with Crippen molar-refractivity contribution in [3.8, 4) is 0 Å². The molecule has 0 bridgehead atoms. The molecular formula is C22H28N4OS. The topological polar surface area (TPSA) is 61.0 Å². The van der Waals surface area contributed by atoms with E-state index < -0.39 is 0 Å². The molecule has 0 radical (unpaired) electrons. The quantitative estimate of drug-likeness (QED) is 0.543. The van der Waals surface area contributed by atoms with Crippen molar-refractivity contribution in [1.29, 1.82) is 0 Å². The zero-order valence-electron chi connectivity index (χ0n) is 16.7. The summed E-state index contributed by atoms with van der Waals surface area (Å²) in [6, 6.07) is 16.1. The van der Waals surface area contributed by atoms with Gasteiger partial charge < -0.3 is 10.3 Å². The molecule has 6 heteroatoms. The Morgan fingerprint density at radius 1 is 1.18 bits per heavy atom. The molecule has 2 aromatic carbocycles. The zero-order valence-corrected chi connectivity index (χ0v) is 17.6. The number of thioether (sulfide) groups is 1. The molecule has 1 unspecified atom stereocenters. The number of para-hydroxylation sites is 2. The van der Waals surface area contributed by atoms with Gasteiger partial charge in [0.1, 0.15) is 5.82 Å². The molecule has 28 heavy (non-hydrogen) atoms. The third-order valence-electron chi connectivity index (χ3n) is 4.77. The van der Waals surface area contributed by atoms with Crippen LogP contribution in [-0.2, 0) is 11.3 Å². The van der Waals surface area contributed by atoms with E-state index in [1.165, 1.54) is 5.56 Å². The predicted octanol–water partition coefficient (Wildman–Crippen LogP) is 4.84. The number of imidazole rings is 1. The minimum atomic E-state index is 0.00736. The van der Waals surface area contributed by atoms with Crippen LogP contribution in [-0.4, -0.2) is 39.6 Å². The molecule has 0 saturated heterocycles. The molecule has 0 spiro atoms. The van der Waals surface area contributed by atoms with E-state index in [0.717, 1.165) is 42.2 Å². The van der Waals surface area contributed by atoms with E-state index in [9.17, 15) is 4.79 Å². The van der Waals surface area contributed by atoms with Crippen LogP contribution in [0.25, 0.3) is 11.0 Å². The van der Waals surface area contributed by atoms with E-state index in [-0.39, 0.29) is 11.2 Å². The van der Waals surface area contributed by atoms with Gasteiger partial charge in [0.25, 0.3) is 0 Å². The van der Waals surface area contributed by atoms with Crippen molar-refractivity contribution in [3.63, 3.8) is 0 Å². The number of amides is 1. The van der Waals surface area contributed by atoms with E-state index in [2.05, 4.69) is 53.1 Å². The number of nitrogens with zero attached hydrogens (tertiary/aromatic N) is 2. The molecule has 1 aromatic heterocycles. The molecular weight excluding hydrogens is 368 g/mol. The van der Waals surface area contributed by atoms with E-state index in [4.69, 9.17) is 0 Å². The van der Waals surface area contributed by atoms with Crippen molar-refractivity contribution in [3.05, 3.63) is 59.9 Å². The van der Waals surface area contributed by atoms with Gasteiger partial charge in [-0.15, -0.1) is 11.8 Å². The SMILES string of the molecule is CCN(CC)Cc1cccc(NC(=O)CSC(C)c2nc3ccccc3[nH]2)c1. The van der Waals surface area contributed by atoms with Crippen LogP contribution in [0.2, 0.25) is 0 Å². The summed E-state index contributed by atoms with van der Waals surface area (Å²) in [7, 11) is 0. The van der Waals surface area contributed by atoms with Crippen LogP contribution >= 0.6 is 11.8 Å². The van der Waals surface area contributed by atoms with E-state index in [1.54, 1.807) is 11.8 Å². The summed E-state index contributed by atoms with van der Waals surface area (Å²) in [5.74, 6) is 1.30. The van der Waals surface area contributed by atoms with Crippen LogP contribution in [0.3, 0.4) is 0 Å². The summed E-state index contributed by atoms with van der Waals surface area (Å²) in [5.41, 5.74) is 4.05. The maximum Gasteiger partial charge on any atom is 0.234 e. The monoisotopic (exact) mass is 396 g/mol. The molecule has 0 fully saturated rings. The zero-order chi connectivity index (χ0) is 19.9. The predicted molar refractivity (Wildman–Crippen MR) is 119 cm³/mol. The van der Waals surface area contributed by atoms with Gasteiger partial charge in [-0.25, -0.2) is 4.98 Å². The number of anilines is 1. The summed E-state index contributed by atoms with van der Waals surface area (Å²) in [6.07, 6.45) is 0. The van der Waals surface area contributed by atoms with Crippen LogP contribution in [0.4, 0.5) is 5.69 Å². The molecule has 1 amide bonds. The lowest BCUT2D eigenvalue weighted by Crippen LogP contribution is -2.22. The highest BCUT2D eigenvalue weighted by atomic mass is 32.2. The molecule has 0 aliphatic rings. The smallest absolute Gasteiger partial charge is 0.234 e. The molecule has 0 aliphatic heterocycles. The fourth-order valence-corrected chi connectivity index (χ4v) is 3.84. The van der Waals surface area contributed by atoms with Crippen molar-refractivity contribution in [2.24, 2.45) is 0 Å². The minimum absolute atomic E-state index is 0.00736. The highest BCUT2D eigenvalue weighted by molar-refractivity contribution is 8.00. The van der Waals surface area contributed by atoms with Crippen LogP contribution in [0.1, 0.15) is 37.4 Å². The Labute approximate surface area is 170 Å². The molecule has 1 atom stereocenters. The number of hydrogen-bond acceptors (Lipinski definition) is 4. The number of nitrogens with one attached hydrogen (secondary N) is 2. The molecule has 3 rings (SSSR count). The minimum Gasteiger partial charge on any atom is -0.341 e. The van der Waals surface area contributed by atoms with Gasteiger partial charge in [-0.1, -0.05) is 38.1 Å². The second-order valence-corrected chi connectivity index (χ2v) is 8.13. The van der Waals surface area contributed by atoms with E-state index in [0.29, 0.717) is 5.75 Å². The third kappa shape index (κ3) is 5.36. The summed E-state index contributed by atoms with van der Waals surface area (Å²) in [4.78, 5) is 22.7. The maximum absolute atomic E-state index is 12.4. The normalized spacial score (nSPS) is 12.4. The number of carbonyl (C=O) groups excluding carboxylic acids is 1. The number of benzene rings is 2. The molecule has 2 N–H and O–H groups in total. The van der Waals surface area contributed by atoms with Crippen LogP contribution < -0.4 is 5.32 Å². The van der Waals surface area contributed by atoms with Gasteiger partial charge in [-0.05, 0) is 49.8 Å². The van der Waals surface area contributed by atoms with Crippen LogP contribution in [0.15, 0.2) is 48.5 Å². The Morgan fingerprint density at radius 2 is 1.96 bits per heavy atom. The van der Waals surface area contributed by atoms with Crippen molar-refractivity contribution >= 4 is 34.4 Å². The van der Waals surface area contributed by atoms with Gasteiger partial charge in [-0.2, -0.15) is 0 Å². The van der Waals surface area contributed by atoms with Crippen LogP contribution in [0.5, 0.6) is 0 Å². The second kappa shape index (κ2) is 9.75. The van der Waals surface area contributed by atoms with E-state index in [1.807, 2.05) is 36.4 Å². The number of aromatic amines is 1. The second-order valence-electron chi connectivity index (χ2n) is 6.80. The average molecular weight is 397 g/mol. The third-order valence-corrected chi connectivity index (χ3v) is 5.92. The average Bonchev–Trinajstić information content (AvgIpc) is 3.15. The fourth-order valence-electron chi connectivity index (χ4n) is 3.09. The van der Waals surface area contributed by atoms with Crippen molar-refractivity contribution in [1.82, 2.24) is 14.9 Å². The first-order valence-electron chi connectivity index (χ1n) is 9.76. The number of rotatable bonds is 9. The number of H-pyrrole nitrogens is 1. The van der Waals surface area contributed by atoms with Crippen molar-refractivity contribution in [2.45, 2.75) is 32.6 Å². The first-order valence-corrected chi connectivity index (χ1v) is 10.8. The largest absolute Gasteiger partial charge is 0.341 e. The lowest BCUT2D eigenvalue weighted by atomic mass is 10.2. The molecule has 0 saturated carbocycles. The van der Waals surface area contributed by atoms with Gasteiger partial charge >= 0.3 is 0 Å². The van der Waals surface area contributed by atoms with Gasteiger partial charge in [0.15, 0.2) is 0 Å². The standard InChI is InChI=1S/C22H28N4OS/c1-4-26(5-2)14-17-9-8-10-18(13-17)23-21(27)15-28-16(3)22-24-19-11-6-7-12-20(19)25-22/h6-13,16H,4-5,14-15H2,1-3H3,(H,23,27)(H,24,25). The number of hydrogen-bond donors (Lipinski definition) is 2. The first kappa shape index (κ1) is 20.4. The Kier molecular flexibility index (Phi) is 7.12.